The molecule has 1 aliphatic carbocycles. The van der Waals surface area contributed by atoms with E-state index in [1.54, 1.807) is 6.08 Å². The van der Waals surface area contributed by atoms with Crippen molar-refractivity contribution in [2.75, 3.05) is 0 Å². The molecule has 0 radical (unpaired) electrons. The highest BCUT2D eigenvalue weighted by Gasteiger charge is 2.36. The van der Waals surface area contributed by atoms with Crippen molar-refractivity contribution >= 4 is 12.1 Å². The van der Waals surface area contributed by atoms with Crippen LogP contribution in [0, 0.1) is 5.41 Å². The molecule has 0 spiro atoms. The molecule has 0 aromatic rings. The van der Waals surface area contributed by atoms with Crippen LogP contribution in [0.4, 0.5) is 4.79 Å². The number of hydrogen-bond donors (Lipinski definition) is 3. The van der Waals surface area contributed by atoms with Crippen LogP contribution >= 0.6 is 0 Å². The Morgan fingerprint density at radius 3 is 2.69 bits per heavy atom. The zero-order chi connectivity index (χ0) is 11.9. The van der Waals surface area contributed by atoms with E-state index >= 15 is 0 Å². The summed E-state index contributed by atoms with van der Waals surface area (Å²) in [5.41, 5.74) is 2.36. The molecule has 1 atom stereocenters. The van der Waals surface area contributed by atoms with E-state index in [0.29, 0.717) is 11.3 Å². The Kier molecular flexibility index (Phi) is 2.01. The summed E-state index contributed by atoms with van der Waals surface area (Å²) in [6, 6.07) is 0. The maximum atomic E-state index is 11.0. The molecule has 16 heavy (non-hydrogen) atoms. The Morgan fingerprint density at radius 2 is 2.12 bits per heavy atom. The SMILES string of the molecule is CC1(C(=O)O)C=CC2=CNN(C(=O)O)C2=C1. The van der Waals surface area contributed by atoms with E-state index in [4.69, 9.17) is 10.2 Å². The van der Waals surface area contributed by atoms with Gasteiger partial charge in [-0.2, -0.15) is 5.01 Å². The number of hydrazine groups is 1. The number of aliphatic carboxylic acids is 1. The van der Waals surface area contributed by atoms with Crippen LogP contribution in [0.3, 0.4) is 0 Å². The van der Waals surface area contributed by atoms with Gasteiger partial charge in [-0.1, -0.05) is 12.2 Å². The van der Waals surface area contributed by atoms with Crippen molar-refractivity contribution in [2.24, 2.45) is 5.41 Å². The lowest BCUT2D eigenvalue weighted by atomic mass is 9.84. The van der Waals surface area contributed by atoms with Crippen molar-refractivity contribution in [3.8, 4) is 0 Å². The van der Waals surface area contributed by atoms with E-state index in [1.165, 1.54) is 25.3 Å². The average Bonchev–Trinajstić information content (AvgIpc) is 2.59. The summed E-state index contributed by atoms with van der Waals surface area (Å²) < 4.78 is 0. The molecule has 0 saturated heterocycles. The van der Waals surface area contributed by atoms with Crippen LogP contribution in [0.2, 0.25) is 0 Å². The van der Waals surface area contributed by atoms with Crippen molar-refractivity contribution in [1.29, 1.82) is 0 Å². The first-order valence-electron chi connectivity index (χ1n) is 4.59. The standard InChI is InChI=1S/C10H10N2O4/c1-10(8(13)14)3-2-6-5-11-12(9(15)16)7(6)4-10/h2-5,11H,1H3,(H,13,14)(H,15,16). The Balaban J connectivity index is 2.42. The van der Waals surface area contributed by atoms with Crippen LogP contribution in [0.1, 0.15) is 6.92 Å². The highest BCUT2D eigenvalue weighted by atomic mass is 16.4. The van der Waals surface area contributed by atoms with Gasteiger partial charge in [0.1, 0.15) is 5.41 Å². The Morgan fingerprint density at radius 1 is 1.44 bits per heavy atom. The molecule has 0 bridgehead atoms. The maximum Gasteiger partial charge on any atom is 0.430 e. The van der Waals surface area contributed by atoms with Crippen LogP contribution in [0.5, 0.6) is 0 Å². The van der Waals surface area contributed by atoms with Gasteiger partial charge in [-0.05, 0) is 13.0 Å². The molecule has 0 fully saturated rings. The lowest BCUT2D eigenvalue weighted by Crippen LogP contribution is -2.36. The number of carboxylic acid groups (broad SMARTS) is 2. The number of allylic oxidation sites excluding steroid dienone is 1. The fraction of sp³-hybridized carbons (Fsp3) is 0.200. The summed E-state index contributed by atoms with van der Waals surface area (Å²) in [6.07, 6.45) is 4.87. The monoisotopic (exact) mass is 222 g/mol. The number of hydrogen-bond acceptors (Lipinski definition) is 3. The number of rotatable bonds is 1. The Bertz CT molecular complexity index is 463. The number of fused-ring (bicyclic) bond motifs is 1. The summed E-state index contributed by atoms with van der Waals surface area (Å²) >= 11 is 0. The molecule has 0 aromatic heterocycles. The van der Waals surface area contributed by atoms with Gasteiger partial charge in [-0.15, -0.1) is 0 Å². The van der Waals surface area contributed by atoms with E-state index in [9.17, 15) is 9.59 Å². The summed E-state index contributed by atoms with van der Waals surface area (Å²) in [5, 5.41) is 18.8. The van der Waals surface area contributed by atoms with Crippen LogP contribution in [-0.2, 0) is 4.79 Å². The van der Waals surface area contributed by atoms with Crippen molar-refractivity contribution in [1.82, 2.24) is 10.4 Å². The fourth-order valence-corrected chi connectivity index (χ4v) is 1.57. The molecule has 1 unspecified atom stereocenters. The molecule has 1 amide bonds. The lowest BCUT2D eigenvalue weighted by Gasteiger charge is -2.24. The lowest BCUT2D eigenvalue weighted by molar-refractivity contribution is -0.142. The predicted octanol–water partition coefficient (Wildman–Crippen LogP) is 0.913. The number of carbonyl (C=O) groups is 2. The molecule has 6 nitrogen and oxygen atoms in total. The van der Waals surface area contributed by atoms with Crippen LogP contribution in [0.15, 0.2) is 35.7 Å². The van der Waals surface area contributed by atoms with Gasteiger partial charge in [0.2, 0.25) is 0 Å². The third-order valence-corrected chi connectivity index (χ3v) is 2.58. The van der Waals surface area contributed by atoms with Crippen LogP contribution in [-0.4, -0.2) is 27.3 Å². The zero-order valence-electron chi connectivity index (χ0n) is 8.47. The highest BCUT2D eigenvalue weighted by Crippen LogP contribution is 2.34. The molecule has 0 aromatic carbocycles. The first kappa shape index (κ1) is 10.3. The second-order valence-corrected chi connectivity index (χ2v) is 3.80. The molecule has 84 valence electrons. The van der Waals surface area contributed by atoms with E-state index in [-0.39, 0.29) is 0 Å². The largest absolute Gasteiger partial charge is 0.480 e. The smallest absolute Gasteiger partial charge is 0.430 e. The average molecular weight is 222 g/mol. The number of amides is 1. The van der Waals surface area contributed by atoms with Crippen LogP contribution in [0.25, 0.3) is 0 Å². The fourth-order valence-electron chi connectivity index (χ4n) is 1.57. The van der Waals surface area contributed by atoms with Crippen molar-refractivity contribution in [2.45, 2.75) is 6.92 Å². The second kappa shape index (κ2) is 3.13. The van der Waals surface area contributed by atoms with Gasteiger partial charge in [-0.3, -0.25) is 10.2 Å². The summed E-state index contributed by atoms with van der Waals surface area (Å²) in [6.45, 7) is 1.51. The summed E-state index contributed by atoms with van der Waals surface area (Å²) in [7, 11) is 0. The van der Waals surface area contributed by atoms with Gasteiger partial charge in [0.05, 0.1) is 5.70 Å². The van der Waals surface area contributed by atoms with E-state index in [2.05, 4.69) is 5.43 Å². The molecule has 2 rings (SSSR count). The molecule has 1 aliphatic heterocycles. The predicted molar refractivity (Wildman–Crippen MR) is 54.0 cm³/mol. The van der Waals surface area contributed by atoms with Gasteiger partial charge >= 0.3 is 12.1 Å². The molecule has 6 heteroatoms. The second-order valence-electron chi connectivity index (χ2n) is 3.80. The first-order chi connectivity index (χ1) is 7.44. The highest BCUT2D eigenvalue weighted by molar-refractivity contribution is 5.82. The third-order valence-electron chi connectivity index (χ3n) is 2.58. The number of carboxylic acids is 1. The van der Waals surface area contributed by atoms with Crippen molar-refractivity contribution in [3.63, 3.8) is 0 Å². The molecule has 0 saturated carbocycles. The van der Waals surface area contributed by atoms with Gasteiger partial charge < -0.3 is 10.2 Å². The van der Waals surface area contributed by atoms with E-state index < -0.39 is 17.5 Å². The maximum absolute atomic E-state index is 11.0. The number of nitrogens with zero attached hydrogens (tertiary/aromatic N) is 1. The topological polar surface area (TPSA) is 89.9 Å². The quantitative estimate of drug-likeness (QED) is 0.613. The minimum atomic E-state index is -1.18. The van der Waals surface area contributed by atoms with Crippen molar-refractivity contribution in [3.05, 3.63) is 35.7 Å². The van der Waals surface area contributed by atoms with Crippen molar-refractivity contribution < 1.29 is 19.8 Å². The van der Waals surface area contributed by atoms with Gasteiger partial charge in [0, 0.05) is 11.8 Å². The molecular weight excluding hydrogens is 212 g/mol. The molecular formula is C10H10N2O4. The number of nitrogens with one attached hydrogen (secondary N) is 1. The summed E-state index contributed by atoms with van der Waals surface area (Å²) in [4.78, 5) is 21.9. The third kappa shape index (κ3) is 1.35. The molecule has 1 heterocycles. The molecule has 2 aliphatic rings. The summed E-state index contributed by atoms with van der Waals surface area (Å²) in [5.74, 6) is -1.02. The minimum Gasteiger partial charge on any atom is -0.480 e. The van der Waals surface area contributed by atoms with Gasteiger partial charge in [0.15, 0.2) is 0 Å². The van der Waals surface area contributed by atoms with Gasteiger partial charge in [0.25, 0.3) is 0 Å². The minimum absolute atomic E-state index is 0.347. The van der Waals surface area contributed by atoms with Crippen LogP contribution < -0.4 is 5.43 Å². The Hall–Kier alpha value is -2.24. The van der Waals surface area contributed by atoms with Gasteiger partial charge in [-0.25, -0.2) is 4.79 Å². The first-order valence-corrected chi connectivity index (χ1v) is 4.59. The Labute approximate surface area is 91.1 Å². The van der Waals surface area contributed by atoms with E-state index in [1.807, 2.05) is 0 Å². The zero-order valence-corrected chi connectivity index (χ0v) is 8.47. The molecule has 3 N–H and O–H groups in total. The normalized spacial score (nSPS) is 26.7. The van der Waals surface area contributed by atoms with E-state index in [0.717, 1.165) is 5.01 Å².